The van der Waals surface area contributed by atoms with Gasteiger partial charge in [0.25, 0.3) is 0 Å². The number of benzene rings is 2. The monoisotopic (exact) mass is 338 g/mol. The molecule has 0 unspecified atom stereocenters. The van der Waals surface area contributed by atoms with Crippen LogP contribution in [0.2, 0.25) is 0 Å². The summed E-state index contributed by atoms with van der Waals surface area (Å²) in [6, 6.07) is 18.3. The first-order valence-corrected chi connectivity index (χ1v) is 8.82. The fourth-order valence-electron chi connectivity index (χ4n) is 3.31. The second-order valence-corrected chi connectivity index (χ2v) is 6.62. The molecule has 0 aliphatic carbocycles. The van der Waals surface area contributed by atoms with E-state index in [1.165, 1.54) is 5.56 Å². The summed E-state index contributed by atoms with van der Waals surface area (Å²) in [6.07, 6.45) is 0.500. The number of hydrogen-bond acceptors (Lipinski definition) is 3. The lowest BCUT2D eigenvalue weighted by molar-refractivity contribution is -0.133. The summed E-state index contributed by atoms with van der Waals surface area (Å²) in [7, 11) is 3.77. The Morgan fingerprint density at radius 2 is 1.56 bits per heavy atom. The number of amides is 1. The fraction of sp³-hybridized carbons (Fsp3) is 0.381. The van der Waals surface area contributed by atoms with Crippen molar-refractivity contribution in [3.05, 3.63) is 65.7 Å². The quantitative estimate of drug-likeness (QED) is 0.840. The molecular formula is C21H26N2O2. The van der Waals surface area contributed by atoms with Gasteiger partial charge in [0.2, 0.25) is 5.91 Å². The van der Waals surface area contributed by atoms with Gasteiger partial charge in [-0.15, -0.1) is 0 Å². The van der Waals surface area contributed by atoms with Gasteiger partial charge in [-0.1, -0.05) is 42.5 Å². The molecule has 1 heterocycles. The highest BCUT2D eigenvalue weighted by Gasteiger charge is 2.24. The van der Waals surface area contributed by atoms with Gasteiger partial charge in [0.05, 0.1) is 7.11 Å². The standard InChI is InChI=1S/C21H26N2O2/c1-22-12-14-23(15-13-22)21(24)16-20(17-6-4-3-5-7-17)18-8-10-19(25-2)11-9-18/h3-11,20H,12-16H2,1-2H3/t20-/m0/s1. The van der Waals surface area contributed by atoms with Crippen molar-refractivity contribution >= 4 is 5.91 Å². The summed E-state index contributed by atoms with van der Waals surface area (Å²) in [5, 5.41) is 0. The molecule has 1 fully saturated rings. The van der Waals surface area contributed by atoms with E-state index in [9.17, 15) is 4.79 Å². The Morgan fingerprint density at radius 3 is 2.16 bits per heavy atom. The third-order valence-electron chi connectivity index (χ3n) is 4.95. The van der Waals surface area contributed by atoms with Crippen molar-refractivity contribution in [1.29, 1.82) is 0 Å². The third-order valence-corrected chi connectivity index (χ3v) is 4.95. The minimum atomic E-state index is 0.0688. The van der Waals surface area contributed by atoms with E-state index in [2.05, 4.69) is 36.2 Å². The number of likely N-dealkylation sites (N-methyl/N-ethyl adjacent to an activating group) is 1. The molecule has 2 aromatic carbocycles. The molecule has 132 valence electrons. The topological polar surface area (TPSA) is 32.8 Å². The van der Waals surface area contributed by atoms with Gasteiger partial charge >= 0.3 is 0 Å². The van der Waals surface area contributed by atoms with Gasteiger partial charge in [-0.25, -0.2) is 0 Å². The van der Waals surface area contributed by atoms with Crippen molar-refractivity contribution < 1.29 is 9.53 Å². The van der Waals surface area contributed by atoms with Crippen LogP contribution < -0.4 is 4.74 Å². The summed E-state index contributed by atoms with van der Waals surface area (Å²) in [6.45, 7) is 3.54. The van der Waals surface area contributed by atoms with Crippen molar-refractivity contribution in [2.24, 2.45) is 0 Å². The first-order chi connectivity index (χ1) is 12.2. The molecule has 0 saturated carbocycles. The van der Waals surface area contributed by atoms with E-state index < -0.39 is 0 Å². The van der Waals surface area contributed by atoms with Crippen LogP contribution in [0.25, 0.3) is 0 Å². The van der Waals surface area contributed by atoms with E-state index >= 15 is 0 Å². The summed E-state index contributed by atoms with van der Waals surface area (Å²) < 4.78 is 5.26. The van der Waals surface area contributed by atoms with Crippen LogP contribution in [0.4, 0.5) is 0 Å². The van der Waals surface area contributed by atoms with Gasteiger partial charge in [-0.3, -0.25) is 4.79 Å². The number of piperazine rings is 1. The number of methoxy groups -OCH3 is 1. The SMILES string of the molecule is COc1ccc([C@@H](CC(=O)N2CCN(C)CC2)c2ccccc2)cc1. The molecule has 0 N–H and O–H groups in total. The van der Waals surface area contributed by atoms with Crippen molar-refractivity contribution in [3.63, 3.8) is 0 Å². The molecule has 1 aliphatic rings. The predicted octanol–water partition coefficient (Wildman–Crippen LogP) is 2.99. The lowest BCUT2D eigenvalue weighted by Crippen LogP contribution is -2.47. The highest BCUT2D eigenvalue weighted by Crippen LogP contribution is 2.30. The molecule has 25 heavy (non-hydrogen) atoms. The Hall–Kier alpha value is -2.33. The molecule has 1 amide bonds. The molecular weight excluding hydrogens is 312 g/mol. The van der Waals surface area contributed by atoms with Crippen LogP contribution in [0.15, 0.2) is 54.6 Å². The summed E-state index contributed by atoms with van der Waals surface area (Å²) in [5.74, 6) is 1.14. The molecule has 0 aromatic heterocycles. The van der Waals surface area contributed by atoms with Crippen molar-refractivity contribution in [1.82, 2.24) is 9.80 Å². The van der Waals surface area contributed by atoms with E-state index in [1.54, 1.807) is 7.11 Å². The lowest BCUT2D eigenvalue weighted by Gasteiger charge is -2.33. The van der Waals surface area contributed by atoms with Gasteiger partial charge in [-0.05, 0) is 30.3 Å². The van der Waals surface area contributed by atoms with E-state index in [0.29, 0.717) is 6.42 Å². The van der Waals surface area contributed by atoms with Crippen LogP contribution in [0.3, 0.4) is 0 Å². The van der Waals surface area contributed by atoms with Crippen LogP contribution in [-0.4, -0.2) is 56.0 Å². The summed E-state index contributed by atoms with van der Waals surface area (Å²) >= 11 is 0. The molecule has 1 saturated heterocycles. The van der Waals surface area contributed by atoms with Gasteiger partial charge in [0.15, 0.2) is 0 Å². The summed E-state index contributed by atoms with van der Waals surface area (Å²) in [5.41, 5.74) is 2.32. The second-order valence-electron chi connectivity index (χ2n) is 6.62. The molecule has 0 bridgehead atoms. The predicted molar refractivity (Wildman–Crippen MR) is 100.0 cm³/mol. The Morgan fingerprint density at radius 1 is 0.960 bits per heavy atom. The molecule has 1 atom stereocenters. The summed E-state index contributed by atoms with van der Waals surface area (Å²) in [4.78, 5) is 17.1. The Labute approximate surface area is 150 Å². The second kappa shape index (κ2) is 8.17. The minimum absolute atomic E-state index is 0.0688. The first-order valence-electron chi connectivity index (χ1n) is 8.82. The smallest absolute Gasteiger partial charge is 0.223 e. The highest BCUT2D eigenvalue weighted by molar-refractivity contribution is 5.78. The number of carbonyl (C=O) groups is 1. The average Bonchev–Trinajstić information content (AvgIpc) is 2.67. The zero-order valence-corrected chi connectivity index (χ0v) is 15.0. The molecule has 4 heteroatoms. The van der Waals surface area contributed by atoms with Crippen molar-refractivity contribution in [2.75, 3.05) is 40.3 Å². The Bertz CT molecular complexity index is 677. The molecule has 4 nitrogen and oxygen atoms in total. The lowest BCUT2D eigenvalue weighted by atomic mass is 9.88. The van der Waals surface area contributed by atoms with Gasteiger partial charge in [0, 0.05) is 38.5 Å². The van der Waals surface area contributed by atoms with E-state index in [1.807, 2.05) is 35.2 Å². The zero-order chi connectivity index (χ0) is 17.6. The van der Waals surface area contributed by atoms with Gasteiger partial charge in [-0.2, -0.15) is 0 Å². The maximum Gasteiger partial charge on any atom is 0.223 e. The number of carbonyl (C=O) groups excluding carboxylic acids is 1. The van der Waals surface area contributed by atoms with Gasteiger partial charge < -0.3 is 14.5 Å². The maximum atomic E-state index is 12.9. The largest absolute Gasteiger partial charge is 0.497 e. The number of ether oxygens (including phenoxy) is 1. The normalized spacial score (nSPS) is 16.5. The van der Waals surface area contributed by atoms with Crippen molar-refractivity contribution in [2.45, 2.75) is 12.3 Å². The van der Waals surface area contributed by atoms with Crippen LogP contribution in [0.5, 0.6) is 5.75 Å². The van der Waals surface area contributed by atoms with Crippen LogP contribution in [0.1, 0.15) is 23.5 Å². The number of nitrogens with zero attached hydrogens (tertiary/aromatic N) is 2. The Balaban J connectivity index is 1.80. The Kier molecular flexibility index (Phi) is 5.71. The van der Waals surface area contributed by atoms with Crippen LogP contribution >= 0.6 is 0 Å². The maximum absolute atomic E-state index is 12.9. The molecule has 0 spiro atoms. The van der Waals surface area contributed by atoms with E-state index in [4.69, 9.17) is 4.74 Å². The van der Waals surface area contributed by atoms with Gasteiger partial charge in [0.1, 0.15) is 5.75 Å². The molecule has 1 aliphatic heterocycles. The molecule has 0 radical (unpaired) electrons. The number of hydrogen-bond donors (Lipinski definition) is 0. The first kappa shape index (κ1) is 17.5. The number of rotatable bonds is 5. The fourth-order valence-corrected chi connectivity index (χ4v) is 3.31. The average molecular weight is 338 g/mol. The van der Waals surface area contributed by atoms with E-state index in [-0.39, 0.29) is 11.8 Å². The minimum Gasteiger partial charge on any atom is -0.497 e. The zero-order valence-electron chi connectivity index (χ0n) is 15.0. The van der Waals surface area contributed by atoms with Crippen LogP contribution in [0, 0.1) is 0 Å². The highest BCUT2D eigenvalue weighted by atomic mass is 16.5. The van der Waals surface area contributed by atoms with Crippen LogP contribution in [-0.2, 0) is 4.79 Å². The molecule has 2 aromatic rings. The molecule has 3 rings (SSSR count). The van der Waals surface area contributed by atoms with E-state index in [0.717, 1.165) is 37.5 Å². The third kappa shape index (κ3) is 4.40. The van der Waals surface area contributed by atoms with Crippen molar-refractivity contribution in [3.8, 4) is 5.75 Å².